The van der Waals surface area contributed by atoms with Gasteiger partial charge in [0, 0.05) is 11.6 Å². The minimum atomic E-state index is -1.48. The summed E-state index contributed by atoms with van der Waals surface area (Å²) in [5, 5.41) is 0. The average molecular weight is 263 g/mol. The van der Waals surface area contributed by atoms with Gasteiger partial charge in [-0.25, -0.2) is 8.78 Å². The molecule has 0 aromatic rings. The van der Waals surface area contributed by atoms with Crippen molar-refractivity contribution >= 4 is 5.97 Å². The molecular weight excluding hydrogens is 240 g/mol. The van der Waals surface area contributed by atoms with E-state index in [2.05, 4.69) is 0 Å². The number of nitrogens with two attached hydrogens (primary N) is 1. The Labute approximate surface area is 107 Å². The van der Waals surface area contributed by atoms with E-state index in [0.29, 0.717) is 0 Å². The molecule has 2 N–H and O–H groups in total. The Balaban J connectivity index is 4.94. The van der Waals surface area contributed by atoms with Gasteiger partial charge < -0.3 is 10.5 Å². The van der Waals surface area contributed by atoms with Gasteiger partial charge in [0.2, 0.25) is 0 Å². The number of alkyl halides is 1. The summed E-state index contributed by atoms with van der Waals surface area (Å²) in [6, 6.07) is -0.971. The largest absolute Gasteiger partial charge is 0.466 e. The maximum atomic E-state index is 14.0. The molecule has 0 aromatic carbocycles. The maximum absolute atomic E-state index is 14.0. The molecule has 1 unspecified atom stereocenters. The van der Waals surface area contributed by atoms with E-state index < -0.39 is 24.0 Å². The molecule has 0 radical (unpaired) electrons. The molecule has 0 rings (SSSR count). The number of rotatable bonds is 7. The van der Waals surface area contributed by atoms with Crippen LogP contribution in [0.5, 0.6) is 0 Å². The molecule has 0 aliphatic heterocycles. The lowest BCUT2D eigenvalue weighted by Gasteiger charge is -2.22. The Kier molecular flexibility index (Phi) is 7.75. The van der Waals surface area contributed by atoms with Crippen LogP contribution in [0.4, 0.5) is 8.78 Å². The van der Waals surface area contributed by atoms with Gasteiger partial charge in [-0.3, -0.25) is 4.79 Å². The first kappa shape index (κ1) is 17.0. The number of carbonyl (C=O) groups is 1. The first-order valence-electron chi connectivity index (χ1n) is 6.28. The first-order valence-corrected chi connectivity index (χ1v) is 6.28. The van der Waals surface area contributed by atoms with Crippen LogP contribution < -0.4 is 5.73 Å². The minimum Gasteiger partial charge on any atom is -0.466 e. The van der Waals surface area contributed by atoms with Gasteiger partial charge >= 0.3 is 5.97 Å². The molecular formula is C13H23F2NO2. The summed E-state index contributed by atoms with van der Waals surface area (Å²) in [6.45, 7) is 6.76. The van der Waals surface area contributed by atoms with Gasteiger partial charge in [0.15, 0.2) is 0 Å². The monoisotopic (exact) mass is 263 g/mol. The van der Waals surface area contributed by atoms with Gasteiger partial charge in [-0.2, -0.15) is 0 Å². The van der Waals surface area contributed by atoms with Gasteiger partial charge in [-0.1, -0.05) is 20.8 Å². The van der Waals surface area contributed by atoms with Gasteiger partial charge in [-0.15, -0.1) is 0 Å². The van der Waals surface area contributed by atoms with Crippen molar-refractivity contribution in [2.75, 3.05) is 6.61 Å². The predicted octanol–water partition coefficient (Wildman–Crippen LogP) is 2.89. The lowest BCUT2D eigenvalue weighted by Crippen LogP contribution is -2.34. The van der Waals surface area contributed by atoms with E-state index >= 15 is 0 Å². The molecule has 0 saturated heterocycles. The van der Waals surface area contributed by atoms with Crippen molar-refractivity contribution in [2.24, 2.45) is 11.7 Å². The molecule has 5 heteroatoms. The van der Waals surface area contributed by atoms with Crippen molar-refractivity contribution in [2.45, 2.75) is 52.8 Å². The van der Waals surface area contributed by atoms with Crippen molar-refractivity contribution < 1.29 is 18.3 Å². The van der Waals surface area contributed by atoms with E-state index in [1.807, 2.05) is 0 Å². The van der Waals surface area contributed by atoms with E-state index in [1.165, 1.54) is 0 Å². The highest BCUT2D eigenvalue weighted by Gasteiger charge is 2.28. The molecule has 0 fully saturated rings. The van der Waals surface area contributed by atoms with Crippen LogP contribution in [0.2, 0.25) is 0 Å². The van der Waals surface area contributed by atoms with E-state index in [9.17, 15) is 13.6 Å². The zero-order valence-corrected chi connectivity index (χ0v) is 11.5. The Morgan fingerprint density at radius 2 is 1.89 bits per heavy atom. The third-order valence-electron chi connectivity index (χ3n) is 2.60. The molecule has 0 amide bonds. The number of ether oxygens (including phenoxy) is 1. The fraction of sp³-hybridized carbons (Fsp3) is 0.769. The smallest absolute Gasteiger partial charge is 0.307 e. The summed E-state index contributed by atoms with van der Waals surface area (Å²) >= 11 is 0. The second kappa shape index (κ2) is 8.19. The van der Waals surface area contributed by atoms with Crippen LogP contribution >= 0.6 is 0 Å². The standard InChI is InChI=1S/C13H23F2NO2/c1-5-9(14)12(13(15)8(3)4)10(16)7-11(17)18-6-2/h8,10,13H,5-7,16H2,1-4H3/b12-9+/t10-,13?/m0/s1. The third kappa shape index (κ3) is 5.12. The van der Waals surface area contributed by atoms with E-state index in [-0.39, 0.29) is 30.9 Å². The number of hydrogen-bond acceptors (Lipinski definition) is 3. The van der Waals surface area contributed by atoms with Crippen molar-refractivity contribution in [1.82, 2.24) is 0 Å². The highest BCUT2D eigenvalue weighted by Crippen LogP contribution is 2.26. The summed E-state index contributed by atoms with van der Waals surface area (Å²) in [7, 11) is 0. The molecule has 0 aromatic heterocycles. The van der Waals surface area contributed by atoms with Crippen LogP contribution in [0, 0.1) is 5.92 Å². The second-order valence-electron chi connectivity index (χ2n) is 4.48. The van der Waals surface area contributed by atoms with Gasteiger partial charge in [0.1, 0.15) is 12.0 Å². The second-order valence-corrected chi connectivity index (χ2v) is 4.48. The Morgan fingerprint density at radius 1 is 1.33 bits per heavy atom. The number of esters is 1. The normalized spacial score (nSPS) is 16.2. The fourth-order valence-electron chi connectivity index (χ4n) is 1.63. The summed E-state index contributed by atoms with van der Waals surface area (Å²) in [5.74, 6) is -1.50. The van der Waals surface area contributed by atoms with Crippen LogP contribution in [0.3, 0.4) is 0 Å². The molecule has 0 bridgehead atoms. The lowest BCUT2D eigenvalue weighted by molar-refractivity contribution is -0.143. The Morgan fingerprint density at radius 3 is 2.28 bits per heavy atom. The molecule has 106 valence electrons. The lowest BCUT2D eigenvalue weighted by atomic mass is 9.92. The molecule has 0 spiro atoms. The highest BCUT2D eigenvalue weighted by molar-refractivity contribution is 5.70. The zero-order chi connectivity index (χ0) is 14.3. The number of allylic oxidation sites excluding steroid dienone is 1. The van der Waals surface area contributed by atoms with Crippen LogP contribution in [-0.2, 0) is 9.53 Å². The fourth-order valence-corrected chi connectivity index (χ4v) is 1.63. The van der Waals surface area contributed by atoms with Crippen molar-refractivity contribution in [3.63, 3.8) is 0 Å². The number of carbonyl (C=O) groups excluding carboxylic acids is 1. The predicted molar refractivity (Wildman–Crippen MR) is 67.4 cm³/mol. The summed E-state index contributed by atoms with van der Waals surface area (Å²) in [5.41, 5.74) is 5.62. The van der Waals surface area contributed by atoms with Crippen molar-refractivity contribution in [1.29, 1.82) is 0 Å². The summed E-state index contributed by atoms with van der Waals surface area (Å²) in [6.07, 6.45) is -1.61. The Bertz CT molecular complexity index is 303. The number of halogens is 2. The Hall–Kier alpha value is -0.970. The van der Waals surface area contributed by atoms with Gasteiger partial charge in [-0.05, 0) is 19.3 Å². The van der Waals surface area contributed by atoms with E-state index in [4.69, 9.17) is 10.5 Å². The summed E-state index contributed by atoms with van der Waals surface area (Å²) in [4.78, 5) is 11.3. The van der Waals surface area contributed by atoms with Crippen molar-refractivity contribution in [3.05, 3.63) is 11.4 Å². The zero-order valence-electron chi connectivity index (χ0n) is 11.5. The molecule has 0 saturated carbocycles. The van der Waals surface area contributed by atoms with E-state index in [0.717, 1.165) is 0 Å². The van der Waals surface area contributed by atoms with Crippen LogP contribution in [0.25, 0.3) is 0 Å². The SMILES string of the molecule is CCOC(=O)C[C@H](N)/C(=C(\F)CC)C(F)C(C)C. The number of hydrogen-bond donors (Lipinski definition) is 1. The third-order valence-corrected chi connectivity index (χ3v) is 2.60. The van der Waals surface area contributed by atoms with Crippen molar-refractivity contribution in [3.8, 4) is 0 Å². The minimum absolute atomic E-state index is 0.0685. The van der Waals surface area contributed by atoms with Crippen LogP contribution in [-0.4, -0.2) is 24.8 Å². The topological polar surface area (TPSA) is 52.3 Å². The molecule has 0 aliphatic carbocycles. The van der Waals surface area contributed by atoms with Gasteiger partial charge in [0.05, 0.1) is 13.0 Å². The maximum Gasteiger partial charge on any atom is 0.307 e. The molecule has 0 heterocycles. The molecule has 3 nitrogen and oxygen atoms in total. The van der Waals surface area contributed by atoms with Crippen LogP contribution in [0.15, 0.2) is 11.4 Å². The van der Waals surface area contributed by atoms with Crippen LogP contribution in [0.1, 0.15) is 40.5 Å². The quantitative estimate of drug-likeness (QED) is 0.718. The van der Waals surface area contributed by atoms with Gasteiger partial charge in [0.25, 0.3) is 0 Å². The average Bonchev–Trinajstić information content (AvgIpc) is 2.28. The molecule has 0 aliphatic rings. The molecule has 18 heavy (non-hydrogen) atoms. The first-order chi connectivity index (χ1) is 8.34. The molecule has 2 atom stereocenters. The summed E-state index contributed by atoms with van der Waals surface area (Å²) < 4.78 is 32.4. The van der Waals surface area contributed by atoms with E-state index in [1.54, 1.807) is 27.7 Å². The highest BCUT2D eigenvalue weighted by atomic mass is 19.1.